The maximum Gasteiger partial charge on any atom is 0.320 e. The van der Waals surface area contributed by atoms with Crippen LogP contribution in [0.4, 0.5) is 4.79 Å². The van der Waals surface area contributed by atoms with Crippen LogP contribution in [0.3, 0.4) is 0 Å². The van der Waals surface area contributed by atoms with E-state index < -0.39 is 10.8 Å². The number of urea groups is 1. The molecule has 0 spiro atoms. The van der Waals surface area contributed by atoms with Crippen molar-refractivity contribution in [1.29, 1.82) is 0 Å². The van der Waals surface area contributed by atoms with Crippen molar-refractivity contribution in [2.75, 3.05) is 37.7 Å². The predicted molar refractivity (Wildman–Crippen MR) is 64.9 cm³/mol. The molecule has 0 aliphatic carbocycles. The average molecular weight is 244 g/mol. The van der Waals surface area contributed by atoms with Gasteiger partial charge in [0.05, 0.1) is 0 Å². The topological polar surface area (TPSA) is 40.6 Å². The van der Waals surface area contributed by atoms with Crippen LogP contribution < -0.4 is 0 Å². The van der Waals surface area contributed by atoms with Crippen molar-refractivity contribution in [3.05, 3.63) is 0 Å². The Hall–Kier alpha value is -0.580. The zero-order chi connectivity index (χ0) is 11.4. The first-order chi connectivity index (χ1) is 7.77. The van der Waals surface area contributed by atoms with Gasteiger partial charge >= 0.3 is 6.03 Å². The number of carbonyl (C=O) groups is 1. The second kappa shape index (κ2) is 5.66. The van der Waals surface area contributed by atoms with Crippen molar-refractivity contribution >= 4 is 16.8 Å². The van der Waals surface area contributed by atoms with E-state index in [9.17, 15) is 9.00 Å². The van der Waals surface area contributed by atoms with Crippen molar-refractivity contribution in [3.8, 4) is 0 Å². The second-order valence-electron chi connectivity index (χ2n) is 4.52. The third-order valence-corrected chi connectivity index (χ3v) is 4.60. The molecule has 2 amide bonds. The Morgan fingerprint density at radius 1 is 0.812 bits per heavy atom. The highest BCUT2D eigenvalue weighted by molar-refractivity contribution is 7.85. The molecule has 0 aromatic carbocycles. The molecule has 2 heterocycles. The second-order valence-corrected chi connectivity index (χ2v) is 6.22. The first-order valence-electron chi connectivity index (χ1n) is 6.16. The molecule has 2 aliphatic heterocycles. The van der Waals surface area contributed by atoms with E-state index in [-0.39, 0.29) is 6.03 Å². The predicted octanol–water partition coefficient (Wildman–Crippen LogP) is 1.05. The largest absolute Gasteiger partial charge is 0.325 e. The average Bonchev–Trinajstić information content (AvgIpc) is 2.57. The molecule has 0 aromatic rings. The molecule has 5 heteroatoms. The Labute approximate surface area is 99.4 Å². The molecule has 2 aliphatic rings. The van der Waals surface area contributed by atoms with Gasteiger partial charge in [0, 0.05) is 48.5 Å². The molecule has 0 bridgehead atoms. The maximum atomic E-state index is 12.2. The van der Waals surface area contributed by atoms with Gasteiger partial charge in [-0.05, 0) is 12.8 Å². The van der Waals surface area contributed by atoms with Crippen LogP contribution in [0.15, 0.2) is 0 Å². The van der Waals surface area contributed by atoms with Gasteiger partial charge in [-0.15, -0.1) is 0 Å². The fourth-order valence-corrected chi connectivity index (χ4v) is 3.34. The summed E-state index contributed by atoms with van der Waals surface area (Å²) in [6, 6.07) is 0.165. The zero-order valence-electron chi connectivity index (χ0n) is 9.69. The smallest absolute Gasteiger partial charge is 0.320 e. The van der Waals surface area contributed by atoms with Crippen LogP contribution >= 0.6 is 0 Å². The first kappa shape index (κ1) is 11.9. The van der Waals surface area contributed by atoms with E-state index in [4.69, 9.17) is 0 Å². The van der Waals surface area contributed by atoms with E-state index in [1.165, 1.54) is 12.8 Å². The summed E-state index contributed by atoms with van der Waals surface area (Å²) in [6.07, 6.45) is 4.75. The fourth-order valence-electron chi connectivity index (χ4n) is 2.29. The monoisotopic (exact) mass is 244 g/mol. The van der Waals surface area contributed by atoms with E-state index in [2.05, 4.69) is 0 Å². The van der Waals surface area contributed by atoms with Gasteiger partial charge in [0.2, 0.25) is 0 Å². The van der Waals surface area contributed by atoms with Crippen molar-refractivity contribution in [2.24, 2.45) is 0 Å². The Bertz CT molecular complexity index is 265. The number of rotatable bonds is 0. The van der Waals surface area contributed by atoms with E-state index in [1.807, 2.05) is 9.80 Å². The minimum Gasteiger partial charge on any atom is -0.325 e. The standard InChI is InChI=1S/C11H20N2O2S/c14-11(12-5-3-1-2-4-6-12)13-7-9-16(15)10-8-13/h1-10H2. The van der Waals surface area contributed by atoms with Gasteiger partial charge in [-0.3, -0.25) is 4.21 Å². The lowest BCUT2D eigenvalue weighted by Gasteiger charge is -2.32. The fraction of sp³-hybridized carbons (Fsp3) is 0.909. The molecule has 0 unspecified atom stereocenters. The van der Waals surface area contributed by atoms with E-state index >= 15 is 0 Å². The number of hydrogen-bond acceptors (Lipinski definition) is 2. The third-order valence-electron chi connectivity index (χ3n) is 3.32. The number of likely N-dealkylation sites (tertiary alicyclic amines) is 1. The highest BCUT2D eigenvalue weighted by Gasteiger charge is 2.24. The minimum absolute atomic E-state index is 0.165. The Balaban J connectivity index is 1.87. The summed E-state index contributed by atoms with van der Waals surface area (Å²) >= 11 is 0. The SMILES string of the molecule is O=C(N1CCCCCC1)N1CCS(=O)CC1. The molecule has 0 saturated carbocycles. The lowest BCUT2D eigenvalue weighted by Crippen LogP contribution is -2.49. The molecule has 0 N–H and O–H groups in total. The van der Waals surface area contributed by atoms with Crippen LogP contribution in [-0.2, 0) is 10.8 Å². The Morgan fingerprint density at radius 2 is 1.31 bits per heavy atom. The van der Waals surface area contributed by atoms with Gasteiger partial charge in [-0.25, -0.2) is 4.79 Å². The quantitative estimate of drug-likeness (QED) is 0.639. The summed E-state index contributed by atoms with van der Waals surface area (Å²) in [6.45, 7) is 3.14. The minimum atomic E-state index is -0.698. The summed E-state index contributed by atoms with van der Waals surface area (Å²) in [5, 5.41) is 0. The lowest BCUT2D eigenvalue weighted by molar-refractivity contribution is 0.158. The Morgan fingerprint density at radius 3 is 1.88 bits per heavy atom. The van der Waals surface area contributed by atoms with Gasteiger partial charge in [0.15, 0.2) is 0 Å². The molecule has 0 radical (unpaired) electrons. The van der Waals surface area contributed by atoms with Crippen LogP contribution in [0.5, 0.6) is 0 Å². The van der Waals surface area contributed by atoms with Gasteiger partial charge in [-0.2, -0.15) is 0 Å². The van der Waals surface area contributed by atoms with E-state index in [0.717, 1.165) is 25.9 Å². The van der Waals surface area contributed by atoms with E-state index in [0.29, 0.717) is 24.6 Å². The highest BCUT2D eigenvalue weighted by atomic mass is 32.2. The molecule has 4 nitrogen and oxygen atoms in total. The summed E-state index contributed by atoms with van der Waals surface area (Å²) in [5.41, 5.74) is 0. The molecule has 2 rings (SSSR count). The van der Waals surface area contributed by atoms with E-state index in [1.54, 1.807) is 0 Å². The van der Waals surface area contributed by atoms with Crippen LogP contribution in [0, 0.1) is 0 Å². The van der Waals surface area contributed by atoms with Crippen LogP contribution in [0.1, 0.15) is 25.7 Å². The normalized spacial score (nSPS) is 24.2. The third kappa shape index (κ3) is 2.97. The summed E-state index contributed by atoms with van der Waals surface area (Å²) in [5.74, 6) is 1.30. The molecule has 2 saturated heterocycles. The van der Waals surface area contributed by atoms with Gasteiger partial charge < -0.3 is 9.80 Å². The molecule has 2 fully saturated rings. The van der Waals surface area contributed by atoms with Crippen LogP contribution in [-0.4, -0.2) is 57.7 Å². The highest BCUT2D eigenvalue weighted by Crippen LogP contribution is 2.12. The van der Waals surface area contributed by atoms with Crippen LogP contribution in [0.2, 0.25) is 0 Å². The van der Waals surface area contributed by atoms with Crippen molar-refractivity contribution in [3.63, 3.8) is 0 Å². The van der Waals surface area contributed by atoms with Crippen molar-refractivity contribution in [1.82, 2.24) is 9.80 Å². The molecule has 0 atom stereocenters. The van der Waals surface area contributed by atoms with Crippen molar-refractivity contribution in [2.45, 2.75) is 25.7 Å². The van der Waals surface area contributed by atoms with Gasteiger partial charge in [0.25, 0.3) is 0 Å². The molecular formula is C11H20N2O2S. The maximum absolute atomic E-state index is 12.2. The van der Waals surface area contributed by atoms with Crippen LogP contribution in [0.25, 0.3) is 0 Å². The number of hydrogen-bond donors (Lipinski definition) is 0. The first-order valence-corrected chi connectivity index (χ1v) is 7.65. The molecular weight excluding hydrogens is 224 g/mol. The van der Waals surface area contributed by atoms with Gasteiger partial charge in [-0.1, -0.05) is 12.8 Å². The number of carbonyl (C=O) groups excluding carboxylic acids is 1. The zero-order valence-corrected chi connectivity index (χ0v) is 10.5. The summed E-state index contributed by atoms with van der Waals surface area (Å²) in [4.78, 5) is 16.0. The summed E-state index contributed by atoms with van der Waals surface area (Å²) in [7, 11) is -0.698. The molecule has 16 heavy (non-hydrogen) atoms. The summed E-state index contributed by atoms with van der Waals surface area (Å²) < 4.78 is 11.2. The lowest BCUT2D eigenvalue weighted by atomic mass is 10.2. The Kier molecular flexibility index (Phi) is 4.21. The van der Waals surface area contributed by atoms with Gasteiger partial charge in [0.1, 0.15) is 0 Å². The molecule has 0 aromatic heterocycles. The number of amides is 2. The number of nitrogens with zero attached hydrogens (tertiary/aromatic N) is 2. The van der Waals surface area contributed by atoms with Crippen molar-refractivity contribution < 1.29 is 9.00 Å². The molecule has 92 valence electrons.